The van der Waals surface area contributed by atoms with E-state index in [1.807, 2.05) is 42.5 Å². The average Bonchev–Trinajstić information content (AvgIpc) is 2.69. The molecule has 2 aromatic rings. The Kier molecular flexibility index (Phi) is 4.92. The third-order valence-corrected chi connectivity index (χ3v) is 6.49. The molecule has 3 atom stereocenters. The molecule has 2 nitrogen and oxygen atoms in total. The summed E-state index contributed by atoms with van der Waals surface area (Å²) in [6, 6.07) is 17.8. The fourth-order valence-electron chi connectivity index (χ4n) is 4.98. The van der Waals surface area contributed by atoms with Crippen molar-refractivity contribution < 1.29 is 10.2 Å². The van der Waals surface area contributed by atoms with Crippen molar-refractivity contribution in [2.75, 3.05) is 6.61 Å². The average molecular weight is 369 g/mol. The highest BCUT2D eigenvalue weighted by Gasteiger charge is 2.50. The van der Waals surface area contributed by atoms with Crippen LogP contribution in [0.4, 0.5) is 0 Å². The van der Waals surface area contributed by atoms with Crippen molar-refractivity contribution >= 4 is 11.6 Å². The summed E-state index contributed by atoms with van der Waals surface area (Å²) < 4.78 is 0. The molecule has 2 aliphatic carbocycles. The Morgan fingerprint density at radius 1 is 0.962 bits per heavy atom. The molecule has 2 aromatic carbocycles. The van der Waals surface area contributed by atoms with Crippen molar-refractivity contribution in [2.45, 2.75) is 43.6 Å². The van der Waals surface area contributed by atoms with Gasteiger partial charge in [-0.3, -0.25) is 0 Å². The Morgan fingerprint density at radius 3 is 2.35 bits per heavy atom. The quantitative estimate of drug-likeness (QED) is 0.731. The Labute approximate surface area is 160 Å². The first-order chi connectivity index (χ1) is 12.6. The summed E-state index contributed by atoms with van der Waals surface area (Å²) in [6.07, 6.45) is 5.17. The fourth-order valence-corrected chi connectivity index (χ4v) is 5.10. The summed E-state index contributed by atoms with van der Waals surface area (Å²) in [5, 5.41) is 23.1. The van der Waals surface area contributed by atoms with Crippen molar-refractivity contribution in [3.63, 3.8) is 0 Å². The predicted molar refractivity (Wildman–Crippen MR) is 105 cm³/mol. The minimum Gasteiger partial charge on any atom is -0.396 e. The number of rotatable bonds is 3. The van der Waals surface area contributed by atoms with Crippen LogP contribution in [0.2, 0.25) is 5.02 Å². The summed E-state index contributed by atoms with van der Waals surface area (Å²) in [5.74, 6) is -0.151. The number of aliphatic hydroxyl groups excluding tert-OH is 1. The van der Waals surface area contributed by atoms with E-state index in [2.05, 4.69) is 12.1 Å². The molecule has 0 spiro atoms. The standard InChI is InChI=1S/C23H25ClO2/c24-19-12-10-18(11-13-19)23(26)21-9-5-4-8-17(21)14-20(22(23)15-25)16-6-2-1-3-7-16/h1-3,6-7,10-13,20,22,25-26H,4-5,8-9,14-15H2/t20-,22-,23+/m0/s1. The SMILES string of the molecule is OC[C@H]1[C@H](c2ccccc2)CC2=C(CCCC2)[C@]1(O)c1ccc(Cl)cc1. The Bertz CT molecular complexity index is 797. The third kappa shape index (κ3) is 2.90. The number of benzene rings is 2. The van der Waals surface area contributed by atoms with E-state index >= 15 is 0 Å². The number of hydrogen-bond acceptors (Lipinski definition) is 2. The highest BCUT2D eigenvalue weighted by Crippen LogP contribution is 2.54. The van der Waals surface area contributed by atoms with Crippen molar-refractivity contribution in [1.29, 1.82) is 0 Å². The first-order valence-corrected chi connectivity index (χ1v) is 9.88. The number of aliphatic hydroxyl groups is 2. The monoisotopic (exact) mass is 368 g/mol. The lowest BCUT2D eigenvalue weighted by Crippen LogP contribution is -2.46. The van der Waals surface area contributed by atoms with Gasteiger partial charge in [0.2, 0.25) is 0 Å². The highest BCUT2D eigenvalue weighted by atomic mass is 35.5. The van der Waals surface area contributed by atoms with Crippen molar-refractivity contribution in [3.05, 3.63) is 81.9 Å². The molecule has 3 heteroatoms. The van der Waals surface area contributed by atoms with Crippen molar-refractivity contribution in [1.82, 2.24) is 0 Å². The molecule has 0 fully saturated rings. The first-order valence-electron chi connectivity index (χ1n) is 9.50. The molecule has 0 heterocycles. The maximum Gasteiger partial charge on any atom is 0.116 e. The predicted octanol–water partition coefficient (Wildman–Crippen LogP) is 5.19. The van der Waals surface area contributed by atoms with Gasteiger partial charge in [-0.1, -0.05) is 59.6 Å². The van der Waals surface area contributed by atoms with Gasteiger partial charge in [0.25, 0.3) is 0 Å². The van der Waals surface area contributed by atoms with Crippen molar-refractivity contribution in [3.8, 4) is 0 Å². The van der Waals surface area contributed by atoms with Gasteiger partial charge in [0, 0.05) is 17.5 Å². The molecule has 4 rings (SSSR count). The van der Waals surface area contributed by atoms with Gasteiger partial charge in [0.05, 0.1) is 0 Å². The summed E-state index contributed by atoms with van der Waals surface area (Å²) >= 11 is 6.09. The van der Waals surface area contributed by atoms with Crippen LogP contribution in [0.5, 0.6) is 0 Å². The molecule has 0 radical (unpaired) electrons. The topological polar surface area (TPSA) is 40.5 Å². The highest BCUT2D eigenvalue weighted by molar-refractivity contribution is 6.30. The lowest BCUT2D eigenvalue weighted by atomic mass is 9.59. The van der Waals surface area contributed by atoms with Gasteiger partial charge in [-0.25, -0.2) is 0 Å². The fraction of sp³-hybridized carbons (Fsp3) is 0.391. The summed E-state index contributed by atoms with van der Waals surface area (Å²) in [4.78, 5) is 0. The van der Waals surface area contributed by atoms with E-state index in [9.17, 15) is 10.2 Å². The number of halogens is 1. The molecule has 0 bridgehead atoms. The van der Waals surface area contributed by atoms with Gasteiger partial charge >= 0.3 is 0 Å². The van der Waals surface area contributed by atoms with Crippen LogP contribution in [0.3, 0.4) is 0 Å². The maximum atomic E-state index is 12.1. The summed E-state index contributed by atoms with van der Waals surface area (Å²) in [6.45, 7) is -0.0462. The second-order valence-electron chi connectivity index (χ2n) is 7.57. The molecular weight excluding hydrogens is 344 g/mol. The van der Waals surface area contributed by atoms with Crippen LogP contribution in [-0.2, 0) is 5.60 Å². The van der Waals surface area contributed by atoms with Gasteiger partial charge < -0.3 is 10.2 Å². The number of allylic oxidation sites excluding steroid dienone is 1. The molecule has 0 amide bonds. The third-order valence-electron chi connectivity index (χ3n) is 6.24. The van der Waals surface area contributed by atoms with Crippen LogP contribution in [0, 0.1) is 5.92 Å². The largest absolute Gasteiger partial charge is 0.396 e. The normalized spacial score (nSPS) is 28.7. The van der Waals surface area contributed by atoms with Gasteiger partial charge in [-0.05, 0) is 66.9 Å². The van der Waals surface area contributed by atoms with Gasteiger partial charge in [0.15, 0.2) is 0 Å². The Morgan fingerprint density at radius 2 is 1.65 bits per heavy atom. The molecule has 0 aliphatic heterocycles. The van der Waals surface area contributed by atoms with Crippen LogP contribution in [-0.4, -0.2) is 16.8 Å². The second kappa shape index (κ2) is 7.19. The molecule has 26 heavy (non-hydrogen) atoms. The van der Waals surface area contributed by atoms with Gasteiger partial charge in [-0.2, -0.15) is 0 Å². The molecule has 0 unspecified atom stereocenters. The molecule has 0 aromatic heterocycles. The van der Waals surface area contributed by atoms with E-state index in [4.69, 9.17) is 11.6 Å². The Balaban J connectivity index is 1.88. The summed E-state index contributed by atoms with van der Waals surface area (Å²) in [7, 11) is 0. The van der Waals surface area contributed by atoms with Crippen LogP contribution < -0.4 is 0 Å². The van der Waals surface area contributed by atoms with Gasteiger partial charge in [0.1, 0.15) is 5.60 Å². The zero-order chi connectivity index (χ0) is 18.1. The van der Waals surface area contributed by atoms with Crippen LogP contribution in [0.1, 0.15) is 49.1 Å². The van der Waals surface area contributed by atoms with Gasteiger partial charge in [-0.15, -0.1) is 0 Å². The molecule has 136 valence electrons. The minimum absolute atomic E-state index is 0.0462. The second-order valence-corrected chi connectivity index (χ2v) is 8.01. The van der Waals surface area contributed by atoms with E-state index in [0.717, 1.165) is 36.8 Å². The molecular formula is C23H25ClO2. The van der Waals surface area contributed by atoms with E-state index in [1.54, 1.807) is 0 Å². The molecule has 2 aliphatic rings. The molecule has 0 saturated heterocycles. The lowest BCUT2D eigenvalue weighted by molar-refractivity contribution is -0.0390. The number of hydrogen-bond donors (Lipinski definition) is 2. The zero-order valence-electron chi connectivity index (χ0n) is 14.9. The van der Waals surface area contributed by atoms with Crippen LogP contribution in [0.15, 0.2) is 65.7 Å². The van der Waals surface area contributed by atoms with Crippen LogP contribution in [0.25, 0.3) is 0 Å². The molecule has 2 N–H and O–H groups in total. The van der Waals surface area contributed by atoms with E-state index in [-0.39, 0.29) is 18.4 Å². The summed E-state index contributed by atoms with van der Waals surface area (Å²) in [5.41, 5.74) is 3.42. The Hall–Kier alpha value is -1.61. The van der Waals surface area contributed by atoms with Crippen LogP contribution >= 0.6 is 11.6 Å². The minimum atomic E-state index is -1.13. The maximum absolute atomic E-state index is 12.1. The first kappa shape index (κ1) is 17.8. The van der Waals surface area contributed by atoms with Crippen molar-refractivity contribution in [2.24, 2.45) is 5.92 Å². The van der Waals surface area contributed by atoms with E-state index in [1.165, 1.54) is 17.6 Å². The molecule has 0 saturated carbocycles. The lowest BCUT2D eigenvalue weighted by Gasteiger charge is -2.48. The smallest absolute Gasteiger partial charge is 0.116 e. The zero-order valence-corrected chi connectivity index (χ0v) is 15.6. The van der Waals surface area contributed by atoms with E-state index in [0.29, 0.717) is 5.02 Å². The van der Waals surface area contributed by atoms with E-state index < -0.39 is 5.60 Å².